The SMILES string of the molecule is COc1ccc(-c2nnc(S[C@H](C)C(=O)NCc3ccc4c(c3)OCO4)o2)cc1. The molecule has 2 aromatic carbocycles. The van der Waals surface area contributed by atoms with E-state index in [0.29, 0.717) is 29.2 Å². The van der Waals surface area contributed by atoms with Crippen LogP contribution in [-0.2, 0) is 11.3 Å². The first kappa shape index (κ1) is 19.1. The lowest BCUT2D eigenvalue weighted by atomic mass is 10.2. The van der Waals surface area contributed by atoms with E-state index < -0.39 is 5.25 Å². The van der Waals surface area contributed by atoms with Crippen LogP contribution >= 0.6 is 11.8 Å². The Kier molecular flexibility index (Phi) is 5.57. The molecule has 0 fully saturated rings. The second-order valence-corrected chi connectivity index (χ2v) is 7.56. The molecule has 9 heteroatoms. The number of carbonyl (C=O) groups is 1. The minimum absolute atomic E-state index is 0.128. The van der Waals surface area contributed by atoms with Crippen molar-refractivity contribution in [3.05, 3.63) is 48.0 Å². The van der Waals surface area contributed by atoms with E-state index in [1.54, 1.807) is 14.0 Å². The summed E-state index contributed by atoms with van der Waals surface area (Å²) in [6, 6.07) is 12.9. The van der Waals surface area contributed by atoms with E-state index in [-0.39, 0.29) is 12.7 Å². The minimum atomic E-state index is -0.395. The van der Waals surface area contributed by atoms with Crippen molar-refractivity contribution in [2.24, 2.45) is 0 Å². The molecule has 0 saturated carbocycles. The molecule has 8 nitrogen and oxygen atoms in total. The molecule has 1 N–H and O–H groups in total. The monoisotopic (exact) mass is 413 g/mol. The van der Waals surface area contributed by atoms with E-state index in [1.165, 1.54) is 11.8 Å². The largest absolute Gasteiger partial charge is 0.497 e. The van der Waals surface area contributed by atoms with Crippen molar-refractivity contribution in [1.29, 1.82) is 0 Å². The van der Waals surface area contributed by atoms with Crippen LogP contribution in [-0.4, -0.2) is 35.3 Å². The van der Waals surface area contributed by atoms with Crippen molar-refractivity contribution in [3.63, 3.8) is 0 Å². The third-order valence-corrected chi connectivity index (χ3v) is 5.23. The summed E-state index contributed by atoms with van der Waals surface area (Å²) >= 11 is 1.21. The van der Waals surface area contributed by atoms with Crippen molar-refractivity contribution in [1.82, 2.24) is 15.5 Å². The summed E-state index contributed by atoms with van der Waals surface area (Å²) in [6.07, 6.45) is 0. The molecule has 1 aliphatic rings. The van der Waals surface area contributed by atoms with Crippen LogP contribution < -0.4 is 19.5 Å². The van der Waals surface area contributed by atoms with Crippen LogP contribution in [0.3, 0.4) is 0 Å². The third-order valence-electron chi connectivity index (χ3n) is 4.29. The molecule has 1 aliphatic heterocycles. The maximum absolute atomic E-state index is 12.4. The number of hydrogen-bond acceptors (Lipinski definition) is 8. The van der Waals surface area contributed by atoms with Gasteiger partial charge in [-0.15, -0.1) is 10.2 Å². The Balaban J connectivity index is 1.32. The van der Waals surface area contributed by atoms with Crippen molar-refractivity contribution < 1.29 is 23.4 Å². The van der Waals surface area contributed by atoms with Crippen molar-refractivity contribution in [2.45, 2.75) is 23.9 Å². The molecular formula is C20H19N3O5S. The van der Waals surface area contributed by atoms with Gasteiger partial charge in [0.2, 0.25) is 18.6 Å². The molecule has 0 saturated heterocycles. The number of nitrogens with zero attached hydrogens (tertiary/aromatic N) is 2. The predicted octanol–water partition coefficient (Wildman–Crippen LogP) is 3.27. The van der Waals surface area contributed by atoms with Gasteiger partial charge in [-0.3, -0.25) is 4.79 Å². The molecule has 150 valence electrons. The smallest absolute Gasteiger partial charge is 0.277 e. The number of hydrogen-bond donors (Lipinski definition) is 1. The second kappa shape index (κ2) is 8.44. The van der Waals surface area contributed by atoms with Gasteiger partial charge in [-0.2, -0.15) is 0 Å². The maximum Gasteiger partial charge on any atom is 0.277 e. The van der Waals surface area contributed by atoms with Crippen molar-refractivity contribution in [2.75, 3.05) is 13.9 Å². The number of thioether (sulfide) groups is 1. The van der Waals surface area contributed by atoms with Crippen LogP contribution in [0.5, 0.6) is 17.2 Å². The number of benzene rings is 2. The third kappa shape index (κ3) is 4.45. The normalized spacial score (nSPS) is 13.2. The summed E-state index contributed by atoms with van der Waals surface area (Å²) in [7, 11) is 1.61. The van der Waals surface area contributed by atoms with Crippen molar-refractivity contribution in [3.8, 4) is 28.7 Å². The number of carbonyl (C=O) groups excluding carboxylic acids is 1. The second-order valence-electron chi connectivity index (χ2n) is 6.27. The van der Waals surface area contributed by atoms with Gasteiger partial charge in [0, 0.05) is 12.1 Å². The number of aromatic nitrogens is 2. The molecule has 0 bridgehead atoms. The van der Waals surface area contributed by atoms with Gasteiger partial charge in [0.05, 0.1) is 12.4 Å². The van der Waals surface area contributed by atoms with Gasteiger partial charge in [0.25, 0.3) is 5.22 Å². The first-order valence-corrected chi connectivity index (χ1v) is 9.81. The van der Waals surface area contributed by atoms with E-state index in [4.69, 9.17) is 18.6 Å². The Hall–Kier alpha value is -3.20. The number of rotatable bonds is 7. The Morgan fingerprint density at radius 1 is 1.17 bits per heavy atom. The summed E-state index contributed by atoms with van der Waals surface area (Å²) in [5.74, 6) is 2.42. The van der Waals surface area contributed by atoms with E-state index in [9.17, 15) is 4.79 Å². The Labute approximate surface area is 171 Å². The van der Waals surface area contributed by atoms with Crippen molar-refractivity contribution >= 4 is 17.7 Å². The van der Waals surface area contributed by atoms with Crippen LogP contribution in [0.2, 0.25) is 0 Å². The molecule has 2 heterocycles. The van der Waals surface area contributed by atoms with Crippen LogP contribution in [0.25, 0.3) is 11.5 Å². The van der Waals surface area contributed by atoms with E-state index in [1.807, 2.05) is 42.5 Å². The summed E-state index contributed by atoms with van der Waals surface area (Å²) in [6.45, 7) is 2.40. The zero-order valence-corrected chi connectivity index (χ0v) is 16.7. The lowest BCUT2D eigenvalue weighted by molar-refractivity contribution is -0.120. The lowest BCUT2D eigenvalue weighted by Crippen LogP contribution is -2.30. The summed E-state index contributed by atoms with van der Waals surface area (Å²) in [4.78, 5) is 12.4. The highest BCUT2D eigenvalue weighted by molar-refractivity contribution is 8.00. The molecule has 1 amide bonds. The van der Waals surface area contributed by atoms with Gasteiger partial charge in [-0.1, -0.05) is 17.8 Å². The van der Waals surface area contributed by atoms with Gasteiger partial charge in [0.15, 0.2) is 11.5 Å². The zero-order valence-electron chi connectivity index (χ0n) is 15.9. The summed E-state index contributed by atoms with van der Waals surface area (Å²) in [5.41, 5.74) is 1.71. The van der Waals surface area contributed by atoms with E-state index in [0.717, 1.165) is 16.9 Å². The summed E-state index contributed by atoms with van der Waals surface area (Å²) < 4.78 is 21.4. The molecular weight excluding hydrogens is 394 g/mol. The average Bonchev–Trinajstić information content (AvgIpc) is 3.41. The highest BCUT2D eigenvalue weighted by atomic mass is 32.2. The number of fused-ring (bicyclic) bond motifs is 1. The maximum atomic E-state index is 12.4. The zero-order chi connectivity index (χ0) is 20.2. The quantitative estimate of drug-likeness (QED) is 0.590. The van der Waals surface area contributed by atoms with E-state index >= 15 is 0 Å². The Morgan fingerprint density at radius 2 is 1.97 bits per heavy atom. The fourth-order valence-corrected chi connectivity index (χ4v) is 3.40. The van der Waals surface area contributed by atoms with Crippen LogP contribution in [0.15, 0.2) is 52.1 Å². The fraction of sp³-hybridized carbons (Fsp3) is 0.250. The average molecular weight is 413 g/mol. The Morgan fingerprint density at radius 3 is 2.76 bits per heavy atom. The highest BCUT2D eigenvalue weighted by Gasteiger charge is 2.19. The molecule has 0 aliphatic carbocycles. The minimum Gasteiger partial charge on any atom is -0.497 e. The Bertz CT molecular complexity index is 1010. The van der Waals surface area contributed by atoms with Gasteiger partial charge in [0.1, 0.15) is 5.75 Å². The lowest BCUT2D eigenvalue weighted by Gasteiger charge is -2.10. The van der Waals surface area contributed by atoms with Gasteiger partial charge in [-0.05, 0) is 48.9 Å². The van der Waals surface area contributed by atoms with Gasteiger partial charge >= 0.3 is 0 Å². The topological polar surface area (TPSA) is 95.7 Å². The molecule has 0 radical (unpaired) electrons. The number of methoxy groups -OCH3 is 1. The molecule has 29 heavy (non-hydrogen) atoms. The first-order chi connectivity index (χ1) is 14.1. The van der Waals surface area contributed by atoms with Crippen LogP contribution in [0, 0.1) is 0 Å². The molecule has 3 aromatic rings. The molecule has 1 atom stereocenters. The molecule has 4 rings (SSSR count). The number of amides is 1. The molecule has 1 aromatic heterocycles. The molecule has 0 spiro atoms. The highest BCUT2D eigenvalue weighted by Crippen LogP contribution is 2.32. The van der Waals surface area contributed by atoms with Crippen LogP contribution in [0.1, 0.15) is 12.5 Å². The fourth-order valence-electron chi connectivity index (χ4n) is 2.70. The number of nitrogens with one attached hydrogen (secondary N) is 1. The van der Waals surface area contributed by atoms with Gasteiger partial charge < -0.3 is 23.9 Å². The number of ether oxygens (including phenoxy) is 3. The first-order valence-electron chi connectivity index (χ1n) is 8.93. The van der Waals surface area contributed by atoms with Gasteiger partial charge in [-0.25, -0.2) is 0 Å². The predicted molar refractivity (Wildman–Crippen MR) is 106 cm³/mol. The van der Waals surface area contributed by atoms with E-state index in [2.05, 4.69) is 15.5 Å². The van der Waals surface area contributed by atoms with Crippen LogP contribution in [0.4, 0.5) is 0 Å². The molecule has 0 unspecified atom stereocenters. The standard InChI is InChI=1S/C20H19N3O5S/c1-12(18(24)21-10-13-3-8-16-17(9-13)27-11-26-16)29-20-23-22-19(28-20)14-4-6-15(25-2)7-5-14/h3-9,12H,10-11H2,1-2H3,(H,21,24)/t12-/m1/s1. The summed E-state index contributed by atoms with van der Waals surface area (Å²) in [5, 5.41) is 10.9.